The predicted molar refractivity (Wildman–Crippen MR) is 58.1 cm³/mol. The number of likely N-dealkylation sites (N-methyl/N-ethyl adjacent to an activating group) is 1. The van der Waals surface area contributed by atoms with E-state index in [0.717, 1.165) is 25.7 Å². The van der Waals surface area contributed by atoms with E-state index in [9.17, 15) is 4.79 Å². The molecule has 0 fully saturated rings. The van der Waals surface area contributed by atoms with Crippen molar-refractivity contribution < 1.29 is 4.79 Å². The Morgan fingerprint density at radius 2 is 1.79 bits per heavy atom. The molecule has 0 heterocycles. The molecule has 0 aromatic heterocycles. The molecule has 0 aliphatic heterocycles. The minimum absolute atomic E-state index is 0.0144. The Kier molecular flexibility index (Phi) is 8.76. The van der Waals surface area contributed by atoms with Crippen molar-refractivity contribution in [3.8, 4) is 0 Å². The summed E-state index contributed by atoms with van der Waals surface area (Å²) in [4.78, 5) is 10.5. The maximum atomic E-state index is 10.5. The Bertz CT molecular complexity index is 139. The summed E-state index contributed by atoms with van der Waals surface area (Å²) in [7, 11) is 5.57. The zero-order valence-electron chi connectivity index (χ0n) is 9.26. The van der Waals surface area contributed by atoms with Crippen LogP contribution in [-0.2, 0) is 4.79 Å². The number of hydrogen-bond acceptors (Lipinski definition) is 5. The highest BCUT2D eigenvalue weighted by Crippen LogP contribution is 1.92. The van der Waals surface area contributed by atoms with Crippen LogP contribution in [0, 0.1) is 0 Å². The Balaban J connectivity index is 3.39. The van der Waals surface area contributed by atoms with Crippen LogP contribution in [0.4, 0.5) is 0 Å². The summed E-state index contributed by atoms with van der Waals surface area (Å²) in [5.41, 5.74) is 0. The molecule has 4 N–H and O–H groups in total. The zero-order valence-corrected chi connectivity index (χ0v) is 9.26. The first-order valence-electron chi connectivity index (χ1n) is 4.99. The van der Waals surface area contributed by atoms with Crippen LogP contribution in [0.2, 0.25) is 0 Å². The third-order valence-electron chi connectivity index (χ3n) is 2.15. The number of nitrogens with one attached hydrogen (secondary N) is 4. The molecule has 5 nitrogen and oxygen atoms in total. The van der Waals surface area contributed by atoms with Crippen LogP contribution in [-0.4, -0.2) is 46.3 Å². The van der Waals surface area contributed by atoms with E-state index in [1.807, 2.05) is 14.1 Å². The molecule has 0 aromatic rings. The first kappa shape index (κ1) is 13.5. The molecule has 0 saturated heterocycles. The van der Waals surface area contributed by atoms with Gasteiger partial charge in [0.05, 0.1) is 6.04 Å². The average molecular weight is 202 g/mol. The number of aldehydes is 1. The minimum Gasteiger partial charge on any atom is -0.311 e. The van der Waals surface area contributed by atoms with Gasteiger partial charge in [-0.3, -0.25) is 16.0 Å². The second kappa shape index (κ2) is 9.08. The molecule has 0 aliphatic rings. The second-order valence-corrected chi connectivity index (χ2v) is 3.14. The standard InChI is InChI=1S/C9H22N4O/c1-10-8(7-14)5-4-6-13-9(11-2)12-3/h7-13H,4-6H2,1-3H3/t8-/m0/s1. The summed E-state index contributed by atoms with van der Waals surface area (Å²) < 4.78 is 0. The number of hydrogen-bond donors (Lipinski definition) is 4. The van der Waals surface area contributed by atoms with Crippen LogP contribution >= 0.6 is 0 Å². The van der Waals surface area contributed by atoms with Gasteiger partial charge in [0.15, 0.2) is 0 Å². The molecule has 0 saturated carbocycles. The Labute approximate surface area is 86.0 Å². The number of carbonyl (C=O) groups excluding carboxylic acids is 1. The van der Waals surface area contributed by atoms with Crippen LogP contribution < -0.4 is 21.3 Å². The maximum absolute atomic E-state index is 10.5. The van der Waals surface area contributed by atoms with Gasteiger partial charge < -0.3 is 10.1 Å². The SMILES string of the molecule is CNC(NC)NCCC[C@@H](C=O)NC. The van der Waals surface area contributed by atoms with Crippen molar-refractivity contribution in [2.45, 2.75) is 25.2 Å². The largest absolute Gasteiger partial charge is 0.311 e. The van der Waals surface area contributed by atoms with Gasteiger partial charge in [0, 0.05) is 0 Å². The fourth-order valence-corrected chi connectivity index (χ4v) is 1.20. The van der Waals surface area contributed by atoms with E-state index in [1.165, 1.54) is 0 Å². The summed E-state index contributed by atoms with van der Waals surface area (Å²) in [6, 6.07) is -0.0144. The maximum Gasteiger partial charge on any atom is 0.136 e. The van der Waals surface area contributed by atoms with Gasteiger partial charge in [-0.25, -0.2) is 0 Å². The molecule has 84 valence electrons. The lowest BCUT2D eigenvalue weighted by Crippen LogP contribution is -2.50. The summed E-state index contributed by atoms with van der Waals surface area (Å²) in [6.45, 7) is 0.887. The Morgan fingerprint density at radius 3 is 2.21 bits per heavy atom. The molecule has 0 bridgehead atoms. The first-order chi connectivity index (χ1) is 6.78. The average Bonchev–Trinajstić information content (AvgIpc) is 2.24. The van der Waals surface area contributed by atoms with Crippen molar-refractivity contribution in [2.75, 3.05) is 27.7 Å². The molecular weight excluding hydrogens is 180 g/mol. The van der Waals surface area contributed by atoms with Gasteiger partial charge >= 0.3 is 0 Å². The smallest absolute Gasteiger partial charge is 0.136 e. The minimum atomic E-state index is -0.0144. The molecule has 0 unspecified atom stereocenters. The fourth-order valence-electron chi connectivity index (χ4n) is 1.20. The third-order valence-corrected chi connectivity index (χ3v) is 2.15. The molecule has 0 radical (unpaired) electrons. The van der Waals surface area contributed by atoms with Gasteiger partial charge in [-0.1, -0.05) is 0 Å². The molecular formula is C9H22N4O. The van der Waals surface area contributed by atoms with Crippen molar-refractivity contribution in [3.05, 3.63) is 0 Å². The van der Waals surface area contributed by atoms with Crippen molar-refractivity contribution in [3.63, 3.8) is 0 Å². The normalized spacial score (nSPS) is 13.1. The molecule has 14 heavy (non-hydrogen) atoms. The van der Waals surface area contributed by atoms with Crippen LogP contribution in [0.3, 0.4) is 0 Å². The van der Waals surface area contributed by atoms with Crippen molar-refractivity contribution in [2.24, 2.45) is 0 Å². The topological polar surface area (TPSA) is 65.2 Å². The Hall–Kier alpha value is -0.490. The predicted octanol–water partition coefficient (Wildman–Crippen LogP) is -1.13. The third kappa shape index (κ3) is 6.04. The highest BCUT2D eigenvalue weighted by atomic mass is 16.1. The van der Waals surface area contributed by atoms with E-state index in [0.29, 0.717) is 0 Å². The lowest BCUT2D eigenvalue weighted by molar-refractivity contribution is -0.109. The van der Waals surface area contributed by atoms with E-state index < -0.39 is 0 Å². The quantitative estimate of drug-likeness (QED) is 0.216. The molecule has 0 aromatic carbocycles. The van der Waals surface area contributed by atoms with Gasteiger partial charge in [-0.15, -0.1) is 0 Å². The number of carbonyl (C=O) groups is 1. The lowest BCUT2D eigenvalue weighted by atomic mass is 10.2. The second-order valence-electron chi connectivity index (χ2n) is 3.14. The van der Waals surface area contributed by atoms with Crippen LogP contribution in [0.15, 0.2) is 0 Å². The van der Waals surface area contributed by atoms with Gasteiger partial charge in [0.25, 0.3) is 0 Å². The van der Waals surface area contributed by atoms with E-state index in [1.54, 1.807) is 7.05 Å². The molecule has 0 rings (SSSR count). The van der Waals surface area contributed by atoms with E-state index in [2.05, 4.69) is 21.3 Å². The summed E-state index contributed by atoms with van der Waals surface area (Å²) in [5, 5.41) is 12.3. The molecule has 5 heteroatoms. The monoisotopic (exact) mass is 202 g/mol. The molecule has 0 aliphatic carbocycles. The van der Waals surface area contributed by atoms with E-state index in [-0.39, 0.29) is 12.3 Å². The molecule has 0 spiro atoms. The van der Waals surface area contributed by atoms with Crippen LogP contribution in [0.1, 0.15) is 12.8 Å². The first-order valence-corrected chi connectivity index (χ1v) is 4.99. The highest BCUT2D eigenvalue weighted by Gasteiger charge is 2.04. The highest BCUT2D eigenvalue weighted by molar-refractivity contribution is 5.57. The molecule has 0 amide bonds. The number of rotatable bonds is 9. The van der Waals surface area contributed by atoms with Crippen LogP contribution in [0.5, 0.6) is 0 Å². The summed E-state index contributed by atoms with van der Waals surface area (Å²) in [5.74, 6) is 0. The lowest BCUT2D eigenvalue weighted by Gasteiger charge is -2.17. The van der Waals surface area contributed by atoms with Crippen molar-refractivity contribution >= 4 is 6.29 Å². The zero-order chi connectivity index (χ0) is 10.8. The Morgan fingerprint density at radius 1 is 1.14 bits per heavy atom. The van der Waals surface area contributed by atoms with Gasteiger partial charge in [-0.05, 0) is 40.5 Å². The van der Waals surface area contributed by atoms with E-state index in [4.69, 9.17) is 0 Å². The summed E-state index contributed by atoms with van der Waals surface area (Å²) in [6.07, 6.45) is 2.93. The fraction of sp³-hybridized carbons (Fsp3) is 0.889. The van der Waals surface area contributed by atoms with Crippen molar-refractivity contribution in [1.82, 2.24) is 21.3 Å². The van der Waals surface area contributed by atoms with Gasteiger partial charge in [0.1, 0.15) is 12.6 Å². The summed E-state index contributed by atoms with van der Waals surface area (Å²) >= 11 is 0. The van der Waals surface area contributed by atoms with Crippen LogP contribution in [0.25, 0.3) is 0 Å². The van der Waals surface area contributed by atoms with E-state index >= 15 is 0 Å². The van der Waals surface area contributed by atoms with Gasteiger partial charge in [0.2, 0.25) is 0 Å². The van der Waals surface area contributed by atoms with Gasteiger partial charge in [-0.2, -0.15) is 0 Å². The molecule has 1 atom stereocenters. The van der Waals surface area contributed by atoms with Crippen molar-refractivity contribution in [1.29, 1.82) is 0 Å².